The lowest BCUT2D eigenvalue weighted by Gasteiger charge is -2.22. The van der Waals surface area contributed by atoms with E-state index in [0.717, 1.165) is 10.0 Å². The molecule has 0 aliphatic carbocycles. The Balaban J connectivity index is 1.98. The average molecular weight is 330 g/mol. The Morgan fingerprint density at radius 2 is 1.40 bits per heavy atom. The van der Waals surface area contributed by atoms with Crippen LogP contribution in [0.1, 0.15) is 39.2 Å². The Morgan fingerprint density at radius 1 is 0.900 bits per heavy atom. The number of hydrogen-bond donors (Lipinski definition) is 0. The fourth-order valence-corrected chi connectivity index (χ4v) is 2.71. The van der Waals surface area contributed by atoms with Crippen molar-refractivity contribution in [3.8, 4) is 0 Å². The summed E-state index contributed by atoms with van der Waals surface area (Å²) in [6.07, 6.45) is 0. The van der Waals surface area contributed by atoms with Gasteiger partial charge in [0.2, 0.25) is 0 Å². The van der Waals surface area contributed by atoms with E-state index in [1.54, 1.807) is 24.3 Å². The molecule has 1 aliphatic heterocycles. The van der Waals surface area contributed by atoms with Crippen LogP contribution >= 0.6 is 15.9 Å². The first-order valence-corrected chi connectivity index (χ1v) is 7.11. The Kier molecular flexibility index (Phi) is 3.18. The molecule has 4 heteroatoms. The van der Waals surface area contributed by atoms with Gasteiger partial charge in [0.25, 0.3) is 11.8 Å². The van der Waals surface area contributed by atoms with Crippen LogP contribution in [0.2, 0.25) is 0 Å². The minimum absolute atomic E-state index is 0.221. The van der Waals surface area contributed by atoms with E-state index in [-0.39, 0.29) is 17.9 Å². The molecule has 3 nitrogen and oxygen atoms in total. The number of nitrogens with zero attached hydrogens (tertiary/aromatic N) is 1. The number of amides is 2. The molecule has 1 atom stereocenters. The summed E-state index contributed by atoms with van der Waals surface area (Å²) in [5.41, 5.74) is 1.91. The molecular weight excluding hydrogens is 318 g/mol. The molecule has 0 spiro atoms. The third-order valence-electron chi connectivity index (χ3n) is 3.57. The largest absolute Gasteiger partial charge is 0.269 e. The molecule has 0 bridgehead atoms. The summed E-state index contributed by atoms with van der Waals surface area (Å²) in [5.74, 6) is -0.443. The number of carbonyl (C=O) groups is 2. The molecule has 0 aromatic heterocycles. The van der Waals surface area contributed by atoms with Gasteiger partial charge in [-0.1, -0.05) is 40.2 Å². The zero-order valence-corrected chi connectivity index (χ0v) is 12.4. The first-order valence-electron chi connectivity index (χ1n) is 6.32. The molecule has 1 aliphatic rings. The summed E-state index contributed by atoms with van der Waals surface area (Å²) in [4.78, 5) is 26.1. The van der Waals surface area contributed by atoms with Crippen molar-refractivity contribution >= 4 is 27.7 Å². The van der Waals surface area contributed by atoms with Gasteiger partial charge in [-0.2, -0.15) is 0 Å². The van der Waals surface area contributed by atoms with Gasteiger partial charge in [0.05, 0.1) is 17.2 Å². The van der Waals surface area contributed by atoms with Crippen LogP contribution in [0.3, 0.4) is 0 Å². The van der Waals surface area contributed by atoms with Crippen molar-refractivity contribution in [3.63, 3.8) is 0 Å². The molecule has 2 amide bonds. The van der Waals surface area contributed by atoms with Crippen molar-refractivity contribution in [2.24, 2.45) is 0 Å². The smallest absolute Gasteiger partial charge is 0.262 e. The quantitative estimate of drug-likeness (QED) is 0.786. The van der Waals surface area contributed by atoms with Crippen molar-refractivity contribution in [3.05, 3.63) is 69.7 Å². The SMILES string of the molecule is C[C@H](c1ccc(Br)cc1)N1C(=O)c2ccccc2C1=O. The van der Waals surface area contributed by atoms with Gasteiger partial charge in [-0.15, -0.1) is 0 Å². The van der Waals surface area contributed by atoms with Crippen LogP contribution in [0.4, 0.5) is 0 Å². The molecule has 2 aromatic rings. The fraction of sp³-hybridized carbons (Fsp3) is 0.125. The van der Waals surface area contributed by atoms with E-state index in [9.17, 15) is 9.59 Å². The Hall–Kier alpha value is -1.94. The average Bonchev–Trinajstić information content (AvgIpc) is 2.72. The normalized spacial score (nSPS) is 15.4. The number of fused-ring (bicyclic) bond motifs is 1. The van der Waals surface area contributed by atoms with E-state index in [4.69, 9.17) is 0 Å². The number of hydrogen-bond acceptors (Lipinski definition) is 2. The van der Waals surface area contributed by atoms with Crippen molar-refractivity contribution in [1.82, 2.24) is 4.90 Å². The van der Waals surface area contributed by atoms with Crippen molar-refractivity contribution < 1.29 is 9.59 Å². The summed E-state index contributed by atoms with van der Waals surface area (Å²) in [6, 6.07) is 14.3. The Bertz CT molecular complexity index is 659. The van der Waals surface area contributed by atoms with Gasteiger partial charge < -0.3 is 0 Å². The number of halogens is 1. The molecule has 3 rings (SSSR count). The van der Waals surface area contributed by atoms with Crippen LogP contribution in [0, 0.1) is 0 Å². The van der Waals surface area contributed by atoms with Gasteiger partial charge in [0.15, 0.2) is 0 Å². The summed E-state index contributed by atoms with van der Waals surface area (Å²) in [5, 5.41) is 0. The van der Waals surface area contributed by atoms with Gasteiger partial charge in [0.1, 0.15) is 0 Å². The molecule has 0 fully saturated rings. The van der Waals surface area contributed by atoms with Crippen LogP contribution in [-0.2, 0) is 0 Å². The van der Waals surface area contributed by atoms with Gasteiger partial charge in [-0.25, -0.2) is 0 Å². The van der Waals surface area contributed by atoms with Gasteiger partial charge in [-0.05, 0) is 36.8 Å². The van der Waals surface area contributed by atoms with Crippen LogP contribution in [0.5, 0.6) is 0 Å². The molecule has 2 aromatic carbocycles. The maximum absolute atomic E-state index is 12.4. The zero-order valence-electron chi connectivity index (χ0n) is 10.8. The highest BCUT2D eigenvalue weighted by molar-refractivity contribution is 9.10. The highest BCUT2D eigenvalue weighted by Crippen LogP contribution is 2.31. The van der Waals surface area contributed by atoms with E-state index in [1.165, 1.54) is 4.90 Å². The minimum Gasteiger partial charge on any atom is -0.269 e. The molecule has 0 saturated carbocycles. The van der Waals surface area contributed by atoms with Crippen molar-refractivity contribution in [1.29, 1.82) is 0 Å². The monoisotopic (exact) mass is 329 g/mol. The molecule has 0 N–H and O–H groups in total. The lowest BCUT2D eigenvalue weighted by molar-refractivity contribution is 0.0595. The molecule has 100 valence electrons. The molecular formula is C16H12BrNO2. The lowest BCUT2D eigenvalue weighted by atomic mass is 10.1. The fourth-order valence-electron chi connectivity index (χ4n) is 2.45. The van der Waals surface area contributed by atoms with Crippen LogP contribution in [0.15, 0.2) is 53.0 Å². The maximum Gasteiger partial charge on any atom is 0.262 e. The second-order valence-electron chi connectivity index (χ2n) is 4.75. The number of rotatable bonds is 2. The summed E-state index contributed by atoms with van der Waals surface area (Å²) in [7, 11) is 0. The van der Waals surface area contributed by atoms with Crippen LogP contribution in [-0.4, -0.2) is 16.7 Å². The molecule has 20 heavy (non-hydrogen) atoms. The number of carbonyl (C=O) groups excluding carboxylic acids is 2. The topological polar surface area (TPSA) is 37.4 Å². The van der Waals surface area contributed by atoms with E-state index < -0.39 is 0 Å². The van der Waals surface area contributed by atoms with Gasteiger partial charge in [-0.3, -0.25) is 14.5 Å². The standard InChI is InChI=1S/C16H12BrNO2/c1-10(11-6-8-12(17)9-7-11)18-15(19)13-4-2-3-5-14(13)16(18)20/h2-10H,1H3/t10-/m1/s1. The van der Waals surface area contributed by atoms with Crippen molar-refractivity contribution in [2.45, 2.75) is 13.0 Å². The zero-order chi connectivity index (χ0) is 14.3. The maximum atomic E-state index is 12.4. The molecule has 0 saturated heterocycles. The second-order valence-corrected chi connectivity index (χ2v) is 5.67. The predicted molar refractivity (Wildman–Crippen MR) is 79.5 cm³/mol. The van der Waals surface area contributed by atoms with E-state index >= 15 is 0 Å². The number of benzene rings is 2. The number of imide groups is 1. The third kappa shape index (κ3) is 1.96. The predicted octanol–water partition coefficient (Wildman–Crippen LogP) is 3.81. The second kappa shape index (κ2) is 4.87. The Labute approximate surface area is 125 Å². The summed E-state index contributed by atoms with van der Waals surface area (Å²) >= 11 is 3.38. The van der Waals surface area contributed by atoms with Gasteiger partial charge >= 0.3 is 0 Å². The Morgan fingerprint density at radius 3 is 1.90 bits per heavy atom. The van der Waals surface area contributed by atoms with Crippen molar-refractivity contribution in [2.75, 3.05) is 0 Å². The van der Waals surface area contributed by atoms with Gasteiger partial charge in [0, 0.05) is 4.47 Å². The lowest BCUT2D eigenvalue weighted by Crippen LogP contribution is -2.32. The third-order valence-corrected chi connectivity index (χ3v) is 4.09. The first-order chi connectivity index (χ1) is 9.59. The first kappa shape index (κ1) is 13.1. The highest BCUT2D eigenvalue weighted by Gasteiger charge is 2.38. The van der Waals surface area contributed by atoms with E-state index in [1.807, 2.05) is 31.2 Å². The summed E-state index contributed by atoms with van der Waals surface area (Å²) < 4.78 is 0.968. The highest BCUT2D eigenvalue weighted by atomic mass is 79.9. The van der Waals surface area contributed by atoms with E-state index in [2.05, 4.69) is 15.9 Å². The molecule has 0 unspecified atom stereocenters. The van der Waals surface area contributed by atoms with Crippen LogP contribution in [0.25, 0.3) is 0 Å². The molecule has 0 radical (unpaired) electrons. The van der Waals surface area contributed by atoms with E-state index in [0.29, 0.717) is 11.1 Å². The van der Waals surface area contributed by atoms with Crippen LogP contribution < -0.4 is 0 Å². The minimum atomic E-state index is -0.282. The molecule has 1 heterocycles. The summed E-state index contributed by atoms with van der Waals surface area (Å²) in [6.45, 7) is 1.87.